The van der Waals surface area contributed by atoms with E-state index in [1.807, 2.05) is 27.9 Å². The van der Waals surface area contributed by atoms with Crippen LogP contribution < -0.4 is 10.6 Å². The fraction of sp³-hybridized carbons (Fsp3) is 0.500. The fourth-order valence-electron chi connectivity index (χ4n) is 1.07. The van der Waals surface area contributed by atoms with E-state index in [2.05, 4.69) is 10.6 Å². The average Bonchev–Trinajstić information content (AvgIpc) is 2.39. The zero-order valence-electron chi connectivity index (χ0n) is 12.3. The molecule has 0 atom stereocenters. The summed E-state index contributed by atoms with van der Waals surface area (Å²) in [7, 11) is 3.88. The van der Waals surface area contributed by atoms with E-state index in [9.17, 15) is 13.6 Å². The zero-order valence-corrected chi connectivity index (χ0v) is 12.3. The Morgan fingerprint density at radius 3 is 1.68 bits per heavy atom. The Balaban J connectivity index is 0. The minimum Gasteiger partial charge on any atom is -0.318 e. The van der Waals surface area contributed by atoms with Crippen molar-refractivity contribution in [3.05, 3.63) is 34.9 Å². The Morgan fingerprint density at radius 1 is 1.05 bits per heavy atom. The van der Waals surface area contributed by atoms with E-state index in [1.54, 1.807) is 6.92 Å². The molecule has 0 aliphatic carbocycles. The van der Waals surface area contributed by atoms with Crippen molar-refractivity contribution in [1.82, 2.24) is 10.6 Å². The number of halogens is 2. The van der Waals surface area contributed by atoms with Gasteiger partial charge in [0.05, 0.1) is 5.56 Å². The summed E-state index contributed by atoms with van der Waals surface area (Å²) in [6.45, 7) is 7.66. The first-order valence-corrected chi connectivity index (χ1v) is 6.26. The maximum Gasteiger partial charge on any atom is 0.155 e. The highest BCUT2D eigenvalue weighted by atomic mass is 19.1. The molecule has 0 saturated carbocycles. The van der Waals surface area contributed by atoms with Gasteiger partial charge in [-0.1, -0.05) is 13.8 Å². The van der Waals surface area contributed by atoms with Crippen LogP contribution in [0.4, 0.5) is 8.78 Å². The van der Waals surface area contributed by atoms with E-state index >= 15 is 0 Å². The van der Waals surface area contributed by atoms with Crippen LogP contribution in [0.25, 0.3) is 0 Å². The van der Waals surface area contributed by atoms with Crippen LogP contribution >= 0.6 is 0 Å². The van der Waals surface area contributed by atoms with Gasteiger partial charge >= 0.3 is 0 Å². The van der Waals surface area contributed by atoms with Gasteiger partial charge in [0.25, 0.3) is 0 Å². The summed E-state index contributed by atoms with van der Waals surface area (Å²) in [5.41, 5.74) is -0.0406. The lowest BCUT2D eigenvalue weighted by atomic mass is 10.1. The summed E-state index contributed by atoms with van der Waals surface area (Å²) >= 11 is 0. The Hall–Kier alpha value is -1.33. The monoisotopic (exact) mass is 274 g/mol. The molecule has 0 unspecified atom stereocenters. The number of aldehydes is 1. The molecule has 0 aromatic heterocycles. The zero-order chi connectivity index (χ0) is 15.3. The van der Waals surface area contributed by atoms with E-state index in [0.29, 0.717) is 5.56 Å². The van der Waals surface area contributed by atoms with E-state index in [0.717, 1.165) is 25.2 Å². The van der Waals surface area contributed by atoms with Crippen LogP contribution in [-0.2, 0) is 0 Å². The third kappa shape index (κ3) is 9.27. The molecule has 2 N–H and O–H groups in total. The van der Waals surface area contributed by atoms with Crippen LogP contribution in [0.15, 0.2) is 12.1 Å². The van der Waals surface area contributed by atoms with Gasteiger partial charge in [-0.25, -0.2) is 8.78 Å². The number of aryl methyl sites for hydroxylation is 1. The molecule has 1 rings (SSSR count). The van der Waals surface area contributed by atoms with Gasteiger partial charge in [0.2, 0.25) is 0 Å². The summed E-state index contributed by atoms with van der Waals surface area (Å²) in [5, 5.41) is 6.01. The molecule has 0 radical (unpaired) electrons. The van der Waals surface area contributed by atoms with Gasteiger partial charge in [-0.05, 0) is 38.7 Å². The molecule has 0 aliphatic rings. The largest absolute Gasteiger partial charge is 0.318 e. The number of hydrogen-bond acceptors (Lipinski definition) is 3. The molecule has 0 saturated heterocycles. The van der Waals surface area contributed by atoms with Gasteiger partial charge in [-0.15, -0.1) is 0 Å². The number of nitrogens with one attached hydrogen (secondary N) is 2. The van der Waals surface area contributed by atoms with E-state index in [1.165, 1.54) is 0 Å². The molecule has 0 amide bonds. The molecule has 3 nitrogen and oxygen atoms in total. The van der Waals surface area contributed by atoms with Crippen molar-refractivity contribution in [3.8, 4) is 0 Å². The molecule has 0 spiro atoms. The number of likely N-dealkylation sites (N-methyl/N-ethyl adjacent to an activating group) is 2. The summed E-state index contributed by atoms with van der Waals surface area (Å²) in [6, 6.07) is 2.24. The van der Waals surface area contributed by atoms with Crippen molar-refractivity contribution in [1.29, 1.82) is 0 Å². The normalized spacial score (nSPS) is 8.79. The van der Waals surface area contributed by atoms with Crippen LogP contribution in [0, 0.1) is 18.6 Å². The number of rotatable bonds is 4. The number of carbonyl (C=O) groups excluding carboxylic acids is 1. The fourth-order valence-corrected chi connectivity index (χ4v) is 1.07. The SMILES string of the molecule is CC.CNCCNC.Cc1cc(F)c(C=O)c(F)c1. The lowest BCUT2D eigenvalue weighted by molar-refractivity contribution is 0.111. The van der Waals surface area contributed by atoms with Gasteiger partial charge in [0.1, 0.15) is 11.6 Å². The second-order valence-corrected chi connectivity index (χ2v) is 3.47. The molecule has 0 bridgehead atoms. The van der Waals surface area contributed by atoms with Gasteiger partial charge in [0, 0.05) is 13.1 Å². The molecule has 5 heteroatoms. The maximum atomic E-state index is 12.6. The standard InChI is InChI=1S/C8H6F2O.C4H12N2.C2H6/c1-5-2-7(9)6(4-11)8(10)3-5;1-5-3-4-6-2;1-2/h2-4H,1H3;5-6H,3-4H2,1-2H3;1-2H3. The van der Waals surface area contributed by atoms with E-state index in [-0.39, 0.29) is 6.29 Å². The van der Waals surface area contributed by atoms with Gasteiger partial charge in [-0.3, -0.25) is 4.79 Å². The molecule has 19 heavy (non-hydrogen) atoms. The second-order valence-electron chi connectivity index (χ2n) is 3.47. The minimum absolute atomic E-state index is 0.171. The molecular weight excluding hydrogens is 250 g/mol. The first-order chi connectivity index (χ1) is 9.06. The second kappa shape index (κ2) is 13.1. The minimum atomic E-state index is -0.808. The van der Waals surface area contributed by atoms with Crippen molar-refractivity contribution < 1.29 is 13.6 Å². The number of carbonyl (C=O) groups is 1. The third-order valence-corrected chi connectivity index (χ3v) is 1.97. The van der Waals surface area contributed by atoms with Gasteiger partial charge in [0.15, 0.2) is 6.29 Å². The summed E-state index contributed by atoms with van der Waals surface area (Å²) in [6.07, 6.45) is 0.171. The smallest absolute Gasteiger partial charge is 0.155 e. The first-order valence-electron chi connectivity index (χ1n) is 6.26. The number of hydrogen-bond donors (Lipinski definition) is 2. The van der Waals surface area contributed by atoms with Gasteiger partial charge < -0.3 is 10.6 Å². The summed E-state index contributed by atoms with van der Waals surface area (Å²) in [4.78, 5) is 10.1. The average molecular weight is 274 g/mol. The Labute approximate surface area is 114 Å². The Bertz CT molecular complexity index is 330. The molecule has 1 aromatic rings. The van der Waals surface area contributed by atoms with Crippen LogP contribution in [0.1, 0.15) is 29.8 Å². The van der Waals surface area contributed by atoms with Crippen molar-refractivity contribution in [2.24, 2.45) is 0 Å². The van der Waals surface area contributed by atoms with Crippen molar-refractivity contribution in [2.45, 2.75) is 20.8 Å². The van der Waals surface area contributed by atoms with Crippen molar-refractivity contribution in [2.75, 3.05) is 27.2 Å². The van der Waals surface area contributed by atoms with Crippen molar-refractivity contribution >= 4 is 6.29 Å². The molecule has 0 fully saturated rings. The topological polar surface area (TPSA) is 41.1 Å². The maximum absolute atomic E-state index is 12.6. The first kappa shape index (κ1) is 20.0. The van der Waals surface area contributed by atoms with Crippen molar-refractivity contribution in [3.63, 3.8) is 0 Å². The van der Waals surface area contributed by atoms with Gasteiger partial charge in [-0.2, -0.15) is 0 Å². The Kier molecular flexibility index (Phi) is 13.8. The highest BCUT2D eigenvalue weighted by Crippen LogP contribution is 2.12. The molecule has 110 valence electrons. The van der Waals surface area contributed by atoms with E-state index in [4.69, 9.17) is 0 Å². The van der Waals surface area contributed by atoms with Crippen LogP contribution in [-0.4, -0.2) is 33.5 Å². The van der Waals surface area contributed by atoms with Crippen LogP contribution in [0.3, 0.4) is 0 Å². The highest BCUT2D eigenvalue weighted by molar-refractivity contribution is 5.75. The Morgan fingerprint density at radius 2 is 1.42 bits per heavy atom. The summed E-state index contributed by atoms with van der Waals surface area (Å²) in [5.74, 6) is -1.62. The predicted octanol–water partition coefficient (Wildman–Crippen LogP) is 2.54. The van der Waals surface area contributed by atoms with Crippen LogP contribution in [0.2, 0.25) is 0 Å². The summed E-state index contributed by atoms with van der Waals surface area (Å²) < 4.78 is 25.3. The molecular formula is C14H24F2N2O. The van der Waals surface area contributed by atoms with Crippen LogP contribution in [0.5, 0.6) is 0 Å². The molecule has 0 aliphatic heterocycles. The molecule has 0 heterocycles. The highest BCUT2D eigenvalue weighted by Gasteiger charge is 2.07. The number of benzene rings is 1. The molecule has 1 aromatic carbocycles. The van der Waals surface area contributed by atoms with E-state index < -0.39 is 17.2 Å². The predicted molar refractivity (Wildman–Crippen MR) is 75.7 cm³/mol. The lowest BCUT2D eigenvalue weighted by Gasteiger charge is -1.97. The lowest BCUT2D eigenvalue weighted by Crippen LogP contribution is -2.21. The third-order valence-electron chi connectivity index (χ3n) is 1.97. The quantitative estimate of drug-likeness (QED) is 0.655.